The Bertz CT molecular complexity index is 555. The van der Waals surface area contributed by atoms with Crippen molar-refractivity contribution in [2.75, 3.05) is 0 Å². The second-order valence-corrected chi connectivity index (χ2v) is 3.50. The van der Waals surface area contributed by atoms with Gasteiger partial charge in [-0.1, -0.05) is 36.9 Å². The predicted octanol–water partition coefficient (Wildman–Crippen LogP) is 3.57. The molecule has 0 amide bonds. The molecule has 0 aromatic heterocycles. The van der Waals surface area contributed by atoms with Crippen LogP contribution >= 0.6 is 0 Å². The molecule has 5 nitrogen and oxygen atoms in total. The quantitative estimate of drug-likeness (QED) is 0.346. The van der Waals surface area contributed by atoms with Crippen molar-refractivity contribution >= 4 is 18.2 Å². The number of carbonyl (C=O) groups excluding carboxylic acids is 2. The van der Waals surface area contributed by atoms with Crippen LogP contribution in [0, 0.1) is 0 Å². The molecule has 0 saturated carbocycles. The maximum atomic E-state index is 11.2. The maximum Gasteiger partial charge on any atom is 0.518 e. The van der Waals surface area contributed by atoms with Crippen molar-refractivity contribution in [1.82, 2.24) is 0 Å². The van der Waals surface area contributed by atoms with Crippen molar-refractivity contribution in [1.29, 1.82) is 0 Å². The van der Waals surface area contributed by atoms with E-state index >= 15 is 0 Å². The van der Waals surface area contributed by atoms with Gasteiger partial charge in [0.05, 0.1) is 18.8 Å². The average Bonchev–Trinajstić information content (AvgIpc) is 2.51. The summed E-state index contributed by atoms with van der Waals surface area (Å²) in [7, 11) is 0. The van der Waals surface area contributed by atoms with Gasteiger partial charge in [0, 0.05) is 6.08 Å². The fourth-order valence-corrected chi connectivity index (χ4v) is 1.10. The number of hydrogen-bond donors (Lipinski definition) is 0. The van der Waals surface area contributed by atoms with Crippen LogP contribution in [0.2, 0.25) is 0 Å². The van der Waals surface area contributed by atoms with E-state index in [2.05, 4.69) is 16.1 Å². The first-order valence-corrected chi connectivity index (χ1v) is 5.96. The summed E-state index contributed by atoms with van der Waals surface area (Å²) < 4.78 is 13.8. The maximum absolute atomic E-state index is 11.2. The molecule has 0 aliphatic rings. The van der Waals surface area contributed by atoms with Crippen LogP contribution in [-0.4, -0.2) is 12.1 Å². The molecule has 0 aliphatic carbocycles. The Labute approximate surface area is 122 Å². The standard InChI is InChI=1S/C16H14O5/c1-2-15(17)19-11-6-7-12-20-16(18)21-13-10-14-8-4-3-5-9-14/h2-13H,1H2. The Hall–Kier alpha value is -3.08. The molecule has 0 N–H and O–H groups in total. The van der Waals surface area contributed by atoms with Crippen molar-refractivity contribution in [3.05, 3.63) is 79.5 Å². The number of benzene rings is 1. The van der Waals surface area contributed by atoms with Crippen LogP contribution in [0.15, 0.2) is 73.9 Å². The Kier molecular flexibility index (Phi) is 7.45. The van der Waals surface area contributed by atoms with Crippen molar-refractivity contribution in [3.63, 3.8) is 0 Å². The summed E-state index contributed by atoms with van der Waals surface area (Å²) >= 11 is 0. The third kappa shape index (κ3) is 7.84. The largest absolute Gasteiger partial charge is 0.518 e. The number of ether oxygens (including phenoxy) is 3. The van der Waals surface area contributed by atoms with Gasteiger partial charge in [-0.2, -0.15) is 0 Å². The van der Waals surface area contributed by atoms with Crippen molar-refractivity contribution < 1.29 is 23.8 Å². The average molecular weight is 286 g/mol. The third-order valence-corrected chi connectivity index (χ3v) is 2.01. The molecule has 0 saturated heterocycles. The number of allylic oxidation sites excluding steroid dienone is 2. The van der Waals surface area contributed by atoms with E-state index in [0.29, 0.717) is 0 Å². The first kappa shape index (κ1) is 16.0. The van der Waals surface area contributed by atoms with E-state index in [4.69, 9.17) is 4.74 Å². The number of carbonyl (C=O) groups is 2. The SMILES string of the molecule is C=CC(=O)OC=CC=COC(=O)OC=Cc1ccccc1. The van der Waals surface area contributed by atoms with Crippen LogP contribution in [0.4, 0.5) is 4.79 Å². The van der Waals surface area contributed by atoms with Gasteiger partial charge in [0.1, 0.15) is 0 Å². The predicted molar refractivity (Wildman–Crippen MR) is 77.6 cm³/mol. The smallest absolute Gasteiger partial charge is 0.431 e. The topological polar surface area (TPSA) is 61.8 Å². The van der Waals surface area contributed by atoms with Gasteiger partial charge in [-0.15, -0.1) is 0 Å². The van der Waals surface area contributed by atoms with Gasteiger partial charge in [-0.25, -0.2) is 9.59 Å². The summed E-state index contributed by atoms with van der Waals surface area (Å²) in [5.41, 5.74) is 0.896. The minimum atomic E-state index is -0.880. The highest BCUT2D eigenvalue weighted by molar-refractivity contribution is 5.81. The monoisotopic (exact) mass is 286 g/mol. The summed E-state index contributed by atoms with van der Waals surface area (Å²) in [4.78, 5) is 21.8. The zero-order valence-electron chi connectivity index (χ0n) is 11.2. The normalized spacial score (nSPS) is 10.9. The van der Waals surface area contributed by atoms with Crippen LogP contribution < -0.4 is 0 Å². The summed E-state index contributed by atoms with van der Waals surface area (Å²) in [5, 5.41) is 0. The highest BCUT2D eigenvalue weighted by Gasteiger charge is 1.96. The Morgan fingerprint density at radius 3 is 2.19 bits per heavy atom. The fraction of sp³-hybridized carbons (Fsp3) is 0. The fourth-order valence-electron chi connectivity index (χ4n) is 1.10. The van der Waals surface area contributed by atoms with Crippen LogP contribution in [0.5, 0.6) is 0 Å². The zero-order valence-corrected chi connectivity index (χ0v) is 11.2. The van der Waals surface area contributed by atoms with Crippen molar-refractivity contribution in [3.8, 4) is 0 Å². The Balaban J connectivity index is 2.23. The lowest BCUT2D eigenvalue weighted by atomic mass is 10.2. The molecule has 0 spiro atoms. The molecule has 108 valence electrons. The molecule has 1 aromatic carbocycles. The van der Waals surface area contributed by atoms with Crippen LogP contribution in [0.3, 0.4) is 0 Å². The molecule has 0 bridgehead atoms. The van der Waals surface area contributed by atoms with Crippen molar-refractivity contribution in [2.24, 2.45) is 0 Å². The summed E-state index contributed by atoms with van der Waals surface area (Å²) in [6.45, 7) is 3.23. The molecule has 0 aliphatic heterocycles. The molecule has 1 aromatic rings. The first-order valence-electron chi connectivity index (χ1n) is 5.96. The lowest BCUT2D eigenvalue weighted by Crippen LogP contribution is -1.97. The molecule has 0 radical (unpaired) electrons. The van der Waals surface area contributed by atoms with E-state index in [1.54, 1.807) is 6.08 Å². The zero-order chi connectivity index (χ0) is 15.3. The molecule has 0 atom stereocenters. The number of hydrogen-bond acceptors (Lipinski definition) is 5. The first-order chi connectivity index (χ1) is 10.2. The summed E-state index contributed by atoms with van der Waals surface area (Å²) in [6, 6.07) is 9.34. The minimum absolute atomic E-state index is 0.578. The Morgan fingerprint density at radius 1 is 0.905 bits per heavy atom. The molecule has 0 unspecified atom stereocenters. The molecular weight excluding hydrogens is 272 g/mol. The highest BCUT2D eigenvalue weighted by Crippen LogP contribution is 2.01. The third-order valence-electron chi connectivity index (χ3n) is 2.01. The van der Waals surface area contributed by atoms with E-state index in [-0.39, 0.29) is 0 Å². The van der Waals surface area contributed by atoms with E-state index in [1.165, 1.54) is 18.4 Å². The van der Waals surface area contributed by atoms with Gasteiger partial charge in [-0.3, -0.25) is 0 Å². The summed E-state index contributed by atoms with van der Waals surface area (Å²) in [5.74, 6) is -0.578. The highest BCUT2D eigenvalue weighted by atomic mass is 16.7. The molecule has 0 heterocycles. The van der Waals surface area contributed by atoms with Crippen LogP contribution in [0.1, 0.15) is 5.56 Å². The van der Waals surface area contributed by atoms with E-state index < -0.39 is 12.1 Å². The van der Waals surface area contributed by atoms with Crippen LogP contribution in [-0.2, 0) is 19.0 Å². The minimum Gasteiger partial charge on any atom is -0.431 e. The van der Waals surface area contributed by atoms with E-state index in [1.807, 2.05) is 30.3 Å². The van der Waals surface area contributed by atoms with Gasteiger partial charge >= 0.3 is 12.1 Å². The molecule has 21 heavy (non-hydrogen) atoms. The molecule has 5 heteroatoms. The van der Waals surface area contributed by atoms with Crippen LogP contribution in [0.25, 0.3) is 6.08 Å². The second-order valence-electron chi connectivity index (χ2n) is 3.50. The van der Waals surface area contributed by atoms with Gasteiger partial charge in [0.2, 0.25) is 0 Å². The van der Waals surface area contributed by atoms with Gasteiger partial charge in [0.25, 0.3) is 0 Å². The van der Waals surface area contributed by atoms with E-state index in [0.717, 1.165) is 24.2 Å². The molecule has 0 fully saturated rings. The number of rotatable bonds is 6. The van der Waals surface area contributed by atoms with Gasteiger partial charge in [-0.05, 0) is 23.8 Å². The molecular formula is C16H14O5. The van der Waals surface area contributed by atoms with Gasteiger partial charge in [0.15, 0.2) is 0 Å². The summed E-state index contributed by atoms with van der Waals surface area (Å²) in [6.07, 6.45) is 7.96. The van der Waals surface area contributed by atoms with Gasteiger partial charge < -0.3 is 14.2 Å². The van der Waals surface area contributed by atoms with E-state index in [9.17, 15) is 9.59 Å². The lowest BCUT2D eigenvalue weighted by Gasteiger charge is -1.96. The lowest BCUT2D eigenvalue weighted by molar-refractivity contribution is -0.132. The second kappa shape index (κ2) is 9.80. The Morgan fingerprint density at radius 2 is 1.52 bits per heavy atom. The van der Waals surface area contributed by atoms with Crippen molar-refractivity contribution in [2.45, 2.75) is 0 Å². The number of esters is 1. The molecule has 1 rings (SSSR count).